The predicted molar refractivity (Wildman–Crippen MR) is 112 cm³/mol. The van der Waals surface area contributed by atoms with Crippen molar-refractivity contribution in [2.45, 2.75) is 31.7 Å². The van der Waals surface area contributed by atoms with Crippen LogP contribution in [-0.2, 0) is 4.79 Å². The first-order valence-electron chi connectivity index (χ1n) is 10.3. The van der Waals surface area contributed by atoms with Gasteiger partial charge in [-0.15, -0.1) is 0 Å². The first-order chi connectivity index (χ1) is 14.6. The van der Waals surface area contributed by atoms with E-state index >= 15 is 0 Å². The van der Waals surface area contributed by atoms with Crippen LogP contribution < -0.4 is 19.5 Å². The Morgan fingerprint density at radius 3 is 2.90 bits per heavy atom. The third-order valence-electron chi connectivity index (χ3n) is 5.50. The molecule has 1 saturated heterocycles. The SMILES string of the molecule is COc1cccc(OCC(=O)Nc2ccc3c(c2)C(=O)N2CCCCC2CCO3)c1. The molecule has 0 spiro atoms. The van der Waals surface area contributed by atoms with E-state index in [-0.39, 0.29) is 24.5 Å². The Morgan fingerprint density at radius 2 is 2.03 bits per heavy atom. The lowest BCUT2D eigenvalue weighted by atomic mass is 9.97. The first-order valence-corrected chi connectivity index (χ1v) is 10.3. The van der Waals surface area contributed by atoms with E-state index in [0.29, 0.717) is 35.1 Å². The van der Waals surface area contributed by atoms with Crippen molar-refractivity contribution in [3.63, 3.8) is 0 Å². The number of amides is 2. The molecule has 2 aliphatic rings. The average molecular weight is 410 g/mol. The molecule has 0 bridgehead atoms. The van der Waals surface area contributed by atoms with Gasteiger partial charge in [-0.2, -0.15) is 0 Å². The minimum absolute atomic E-state index is 0.0295. The molecule has 2 aromatic rings. The second-order valence-electron chi connectivity index (χ2n) is 7.51. The number of nitrogens with zero attached hydrogens (tertiary/aromatic N) is 1. The molecule has 7 nitrogen and oxygen atoms in total. The molecule has 2 amide bonds. The molecule has 2 aromatic carbocycles. The normalized spacial score (nSPS) is 18.2. The van der Waals surface area contributed by atoms with Crippen LogP contribution in [0.25, 0.3) is 0 Å². The highest BCUT2D eigenvalue weighted by Crippen LogP contribution is 2.31. The summed E-state index contributed by atoms with van der Waals surface area (Å²) < 4.78 is 16.5. The molecule has 1 N–H and O–H groups in total. The highest BCUT2D eigenvalue weighted by atomic mass is 16.5. The molecule has 2 heterocycles. The van der Waals surface area contributed by atoms with E-state index in [0.717, 1.165) is 32.2 Å². The highest BCUT2D eigenvalue weighted by Gasteiger charge is 2.31. The zero-order valence-corrected chi connectivity index (χ0v) is 17.1. The molecule has 30 heavy (non-hydrogen) atoms. The summed E-state index contributed by atoms with van der Waals surface area (Å²) in [5, 5.41) is 2.80. The summed E-state index contributed by atoms with van der Waals surface area (Å²) in [6.45, 7) is 1.21. The van der Waals surface area contributed by atoms with Gasteiger partial charge in [0.15, 0.2) is 6.61 Å². The number of fused-ring (bicyclic) bond motifs is 2. The van der Waals surface area contributed by atoms with Crippen LogP contribution in [0.15, 0.2) is 42.5 Å². The Hall–Kier alpha value is -3.22. The van der Waals surface area contributed by atoms with Gasteiger partial charge in [0.1, 0.15) is 17.2 Å². The van der Waals surface area contributed by atoms with E-state index in [2.05, 4.69) is 5.32 Å². The number of piperidine rings is 1. The lowest BCUT2D eigenvalue weighted by molar-refractivity contribution is -0.118. The number of methoxy groups -OCH3 is 1. The van der Waals surface area contributed by atoms with Gasteiger partial charge in [0.25, 0.3) is 11.8 Å². The summed E-state index contributed by atoms with van der Waals surface area (Å²) >= 11 is 0. The number of carbonyl (C=O) groups is 2. The quantitative estimate of drug-likeness (QED) is 0.817. The van der Waals surface area contributed by atoms with Crippen LogP contribution in [0.4, 0.5) is 5.69 Å². The Labute approximate surface area is 175 Å². The zero-order valence-electron chi connectivity index (χ0n) is 17.1. The molecule has 7 heteroatoms. The summed E-state index contributed by atoms with van der Waals surface area (Å²) in [6, 6.07) is 12.5. The minimum atomic E-state index is -0.312. The summed E-state index contributed by atoms with van der Waals surface area (Å²) in [6.07, 6.45) is 4.04. The molecule has 158 valence electrons. The average Bonchev–Trinajstić information content (AvgIpc) is 2.77. The number of carbonyl (C=O) groups excluding carboxylic acids is 2. The smallest absolute Gasteiger partial charge is 0.262 e. The molecule has 2 aliphatic heterocycles. The van der Waals surface area contributed by atoms with Gasteiger partial charge >= 0.3 is 0 Å². The number of rotatable bonds is 5. The standard InChI is InChI=1S/C23H26N2O5/c1-28-18-6-4-7-19(14-18)30-15-22(26)24-16-8-9-21-20(13-16)23(27)25-11-3-2-5-17(25)10-12-29-21/h4,6-9,13-14,17H,2-3,5,10-12,15H2,1H3,(H,24,26). The molecule has 1 atom stereocenters. The van der Waals surface area contributed by atoms with Crippen LogP contribution in [-0.4, -0.2) is 49.6 Å². The van der Waals surface area contributed by atoms with Crippen molar-refractivity contribution >= 4 is 17.5 Å². The minimum Gasteiger partial charge on any atom is -0.497 e. The van der Waals surface area contributed by atoms with Crippen LogP contribution in [0.1, 0.15) is 36.0 Å². The van der Waals surface area contributed by atoms with Crippen molar-refractivity contribution in [2.75, 3.05) is 32.2 Å². The van der Waals surface area contributed by atoms with Crippen LogP contribution in [0.3, 0.4) is 0 Å². The van der Waals surface area contributed by atoms with E-state index in [4.69, 9.17) is 14.2 Å². The largest absolute Gasteiger partial charge is 0.497 e. The Kier molecular flexibility index (Phi) is 6.07. The number of benzene rings is 2. The fraction of sp³-hybridized carbons (Fsp3) is 0.391. The maximum Gasteiger partial charge on any atom is 0.262 e. The van der Waals surface area contributed by atoms with Gasteiger partial charge in [0.2, 0.25) is 0 Å². The third-order valence-corrected chi connectivity index (χ3v) is 5.50. The first kappa shape index (κ1) is 20.1. The summed E-state index contributed by atoms with van der Waals surface area (Å²) in [4.78, 5) is 27.4. The molecular formula is C23H26N2O5. The van der Waals surface area contributed by atoms with Gasteiger partial charge in [0.05, 0.1) is 19.3 Å². The van der Waals surface area contributed by atoms with Gasteiger partial charge < -0.3 is 24.4 Å². The van der Waals surface area contributed by atoms with Crippen LogP contribution in [0, 0.1) is 0 Å². The summed E-state index contributed by atoms with van der Waals surface area (Å²) in [7, 11) is 1.57. The molecule has 0 radical (unpaired) electrons. The van der Waals surface area contributed by atoms with Crippen LogP contribution >= 0.6 is 0 Å². The Bertz CT molecular complexity index is 930. The molecule has 0 saturated carbocycles. The Morgan fingerprint density at radius 1 is 1.17 bits per heavy atom. The zero-order chi connectivity index (χ0) is 20.9. The highest BCUT2D eigenvalue weighted by molar-refractivity contribution is 6.00. The van der Waals surface area contributed by atoms with Gasteiger partial charge in [-0.3, -0.25) is 9.59 Å². The predicted octanol–water partition coefficient (Wildman–Crippen LogP) is 3.49. The topological polar surface area (TPSA) is 77.1 Å². The monoisotopic (exact) mass is 410 g/mol. The number of hydrogen-bond acceptors (Lipinski definition) is 5. The number of nitrogens with one attached hydrogen (secondary N) is 1. The van der Waals surface area contributed by atoms with Crippen molar-refractivity contribution in [2.24, 2.45) is 0 Å². The van der Waals surface area contributed by atoms with Gasteiger partial charge in [-0.1, -0.05) is 6.07 Å². The van der Waals surface area contributed by atoms with Crippen molar-refractivity contribution in [3.05, 3.63) is 48.0 Å². The van der Waals surface area contributed by atoms with E-state index in [9.17, 15) is 9.59 Å². The van der Waals surface area contributed by atoms with Crippen LogP contribution in [0.2, 0.25) is 0 Å². The van der Waals surface area contributed by atoms with E-state index in [1.807, 2.05) is 4.90 Å². The second kappa shape index (κ2) is 9.07. The molecule has 1 unspecified atom stereocenters. The van der Waals surface area contributed by atoms with Crippen molar-refractivity contribution in [3.8, 4) is 17.2 Å². The molecule has 1 fully saturated rings. The van der Waals surface area contributed by atoms with E-state index in [1.54, 1.807) is 49.6 Å². The van der Waals surface area contributed by atoms with Crippen molar-refractivity contribution in [1.29, 1.82) is 0 Å². The number of ether oxygens (including phenoxy) is 3. The third kappa shape index (κ3) is 4.50. The maximum atomic E-state index is 13.1. The van der Waals surface area contributed by atoms with Crippen molar-refractivity contribution in [1.82, 2.24) is 4.90 Å². The van der Waals surface area contributed by atoms with E-state index in [1.165, 1.54) is 0 Å². The van der Waals surface area contributed by atoms with Gasteiger partial charge in [0, 0.05) is 30.8 Å². The maximum absolute atomic E-state index is 13.1. The van der Waals surface area contributed by atoms with Crippen molar-refractivity contribution < 1.29 is 23.8 Å². The Balaban J connectivity index is 1.44. The van der Waals surface area contributed by atoms with Gasteiger partial charge in [-0.05, 0) is 49.6 Å². The summed E-state index contributed by atoms with van der Waals surface area (Å²) in [5.41, 5.74) is 1.03. The molecule has 4 rings (SSSR count). The van der Waals surface area contributed by atoms with Gasteiger partial charge in [-0.25, -0.2) is 0 Å². The van der Waals surface area contributed by atoms with E-state index < -0.39 is 0 Å². The lowest BCUT2D eigenvalue weighted by Crippen LogP contribution is -2.45. The fourth-order valence-corrected chi connectivity index (χ4v) is 3.97. The second-order valence-corrected chi connectivity index (χ2v) is 7.51. The van der Waals surface area contributed by atoms with Crippen LogP contribution in [0.5, 0.6) is 17.2 Å². The number of hydrogen-bond donors (Lipinski definition) is 1. The summed E-state index contributed by atoms with van der Waals surface area (Å²) in [5.74, 6) is 1.42. The fourth-order valence-electron chi connectivity index (χ4n) is 3.97. The molecule has 0 aliphatic carbocycles. The molecular weight excluding hydrogens is 384 g/mol. The lowest BCUT2D eigenvalue weighted by Gasteiger charge is -2.37. The molecule has 0 aromatic heterocycles. The number of anilines is 1.